The minimum atomic E-state index is -4.75. The Labute approximate surface area is 163 Å². The third kappa shape index (κ3) is 5.45. The molecule has 0 spiro atoms. The van der Waals surface area contributed by atoms with E-state index in [0.717, 1.165) is 27.8 Å². The number of hydrogen-bond acceptors (Lipinski definition) is 3. The molecule has 1 aromatic rings. The first kappa shape index (κ1) is 22.6. The second kappa shape index (κ2) is 8.38. The van der Waals surface area contributed by atoms with Crippen LogP contribution in [0.5, 0.6) is 0 Å². The Balaban J connectivity index is 2.04. The highest BCUT2D eigenvalue weighted by Crippen LogP contribution is 2.35. The number of carbonyl (C=O) groups is 1. The van der Waals surface area contributed by atoms with E-state index in [1.54, 1.807) is 0 Å². The molecular weight excluding hydrogens is 395 g/mol. The quantitative estimate of drug-likeness (QED) is 0.716. The Morgan fingerprint density at radius 3 is 2.29 bits per heavy atom. The minimum Gasteiger partial charge on any atom is -0.346 e. The highest BCUT2D eigenvalue weighted by Gasteiger charge is 2.40. The summed E-state index contributed by atoms with van der Waals surface area (Å²) >= 11 is 0. The average molecular weight is 422 g/mol. The molecule has 6 nitrogen and oxygen atoms in total. The van der Waals surface area contributed by atoms with Crippen LogP contribution in [0.3, 0.4) is 0 Å². The van der Waals surface area contributed by atoms with Crippen LogP contribution in [-0.4, -0.2) is 56.9 Å². The molecule has 0 saturated carbocycles. The maximum absolute atomic E-state index is 13.2. The predicted molar refractivity (Wildman–Crippen MR) is 98.3 cm³/mol. The van der Waals surface area contributed by atoms with Crippen molar-refractivity contribution in [1.82, 2.24) is 9.62 Å². The molecular formula is C18H27F3N3O3S+. The second-order valence-corrected chi connectivity index (χ2v) is 9.52. The summed E-state index contributed by atoms with van der Waals surface area (Å²) in [4.78, 5) is 12.3. The molecule has 28 heavy (non-hydrogen) atoms. The summed E-state index contributed by atoms with van der Waals surface area (Å²) in [5.41, 5.74) is -1.48. The molecule has 2 N–H and O–H groups in total. The number of amides is 1. The van der Waals surface area contributed by atoms with Crippen molar-refractivity contribution < 1.29 is 31.3 Å². The molecule has 1 saturated heterocycles. The van der Waals surface area contributed by atoms with Crippen molar-refractivity contribution in [2.75, 3.05) is 32.7 Å². The predicted octanol–water partition coefficient (Wildman–Crippen LogP) is 0.899. The number of hydrogen-bond donors (Lipinski definition) is 2. The van der Waals surface area contributed by atoms with Gasteiger partial charge in [0.25, 0.3) is 5.91 Å². The summed E-state index contributed by atoms with van der Waals surface area (Å²) in [6, 6.07) is 4.20. The lowest BCUT2D eigenvalue weighted by Crippen LogP contribution is -3.16. The van der Waals surface area contributed by atoms with Crippen molar-refractivity contribution in [3.05, 3.63) is 29.8 Å². The third-order valence-electron chi connectivity index (χ3n) is 5.01. The minimum absolute atomic E-state index is 0.0638. The van der Waals surface area contributed by atoms with E-state index in [4.69, 9.17) is 0 Å². The van der Waals surface area contributed by atoms with Crippen LogP contribution in [0.2, 0.25) is 0 Å². The Bertz CT molecular complexity index is 802. The van der Waals surface area contributed by atoms with Crippen LogP contribution < -0.4 is 10.2 Å². The highest BCUT2D eigenvalue weighted by molar-refractivity contribution is 7.89. The third-order valence-corrected chi connectivity index (χ3v) is 6.97. The largest absolute Gasteiger partial charge is 0.417 e. The van der Waals surface area contributed by atoms with Gasteiger partial charge in [-0.25, -0.2) is 8.42 Å². The molecule has 1 heterocycles. The van der Waals surface area contributed by atoms with Gasteiger partial charge in [0.1, 0.15) is 0 Å². The van der Waals surface area contributed by atoms with E-state index in [2.05, 4.69) is 5.32 Å². The van der Waals surface area contributed by atoms with Gasteiger partial charge < -0.3 is 10.2 Å². The maximum Gasteiger partial charge on any atom is 0.417 e. The second-order valence-electron chi connectivity index (χ2n) is 7.61. The number of alkyl halides is 3. The topological polar surface area (TPSA) is 70.9 Å². The maximum atomic E-state index is 13.2. The Morgan fingerprint density at radius 2 is 1.75 bits per heavy atom. The van der Waals surface area contributed by atoms with Gasteiger partial charge in [0.2, 0.25) is 10.0 Å². The summed E-state index contributed by atoms with van der Waals surface area (Å²) < 4.78 is 66.1. The SMILES string of the molecule is CCC(C)(C)NC(=O)C[NH+]1CCN(S(=O)(=O)c2ccccc2C(F)(F)F)CC1. The van der Waals surface area contributed by atoms with E-state index in [1.165, 1.54) is 12.1 Å². The normalized spacial score (nSPS) is 17.5. The Kier molecular flexibility index (Phi) is 6.78. The molecule has 0 atom stereocenters. The number of nitrogens with one attached hydrogen (secondary N) is 2. The fraction of sp³-hybridized carbons (Fsp3) is 0.611. The van der Waals surface area contributed by atoms with Gasteiger partial charge in [0, 0.05) is 5.54 Å². The van der Waals surface area contributed by atoms with Gasteiger partial charge in [0.05, 0.1) is 36.6 Å². The van der Waals surface area contributed by atoms with Gasteiger partial charge >= 0.3 is 6.18 Å². The van der Waals surface area contributed by atoms with E-state index < -0.39 is 26.7 Å². The lowest BCUT2D eigenvalue weighted by Gasteiger charge is -2.32. The molecule has 0 radical (unpaired) electrons. The molecule has 1 aliphatic heterocycles. The van der Waals surface area contributed by atoms with Crippen LogP contribution in [0, 0.1) is 0 Å². The van der Waals surface area contributed by atoms with Crippen LogP contribution >= 0.6 is 0 Å². The Morgan fingerprint density at radius 1 is 1.18 bits per heavy atom. The van der Waals surface area contributed by atoms with Crippen molar-refractivity contribution >= 4 is 15.9 Å². The number of halogens is 3. The smallest absolute Gasteiger partial charge is 0.346 e. The first-order valence-electron chi connectivity index (χ1n) is 9.18. The molecule has 1 fully saturated rings. The molecule has 0 aliphatic carbocycles. The van der Waals surface area contributed by atoms with E-state index in [1.807, 2.05) is 20.8 Å². The first-order chi connectivity index (χ1) is 12.9. The molecule has 2 rings (SSSR count). The lowest BCUT2D eigenvalue weighted by molar-refractivity contribution is -0.895. The monoisotopic (exact) mass is 422 g/mol. The van der Waals surface area contributed by atoms with Gasteiger partial charge in [0.15, 0.2) is 6.54 Å². The summed E-state index contributed by atoms with van der Waals surface area (Å²) in [6.45, 7) is 6.85. The zero-order chi connectivity index (χ0) is 21.2. The first-order valence-corrected chi connectivity index (χ1v) is 10.6. The zero-order valence-corrected chi connectivity index (χ0v) is 17.1. The van der Waals surface area contributed by atoms with E-state index in [0.29, 0.717) is 13.1 Å². The fourth-order valence-corrected chi connectivity index (χ4v) is 4.68. The summed E-state index contributed by atoms with van der Waals surface area (Å²) in [6.07, 6.45) is -3.97. The summed E-state index contributed by atoms with van der Waals surface area (Å²) in [7, 11) is -4.26. The average Bonchev–Trinajstić information content (AvgIpc) is 2.61. The van der Waals surface area contributed by atoms with Crippen molar-refractivity contribution in [3.63, 3.8) is 0 Å². The van der Waals surface area contributed by atoms with Gasteiger partial charge in [-0.1, -0.05) is 19.1 Å². The van der Waals surface area contributed by atoms with Crippen LogP contribution in [0.1, 0.15) is 32.8 Å². The lowest BCUT2D eigenvalue weighted by atomic mass is 10.0. The molecule has 158 valence electrons. The van der Waals surface area contributed by atoms with E-state index >= 15 is 0 Å². The van der Waals surface area contributed by atoms with Gasteiger partial charge in [-0.15, -0.1) is 0 Å². The number of benzene rings is 1. The standard InChI is InChI=1S/C18H26F3N3O3S/c1-4-17(2,3)22-16(25)13-23-9-11-24(12-10-23)28(26,27)15-8-6-5-7-14(15)18(19,20)21/h5-8H,4,9-13H2,1-3H3,(H,22,25)/p+1. The molecule has 0 aromatic heterocycles. The van der Waals surface area contributed by atoms with Gasteiger partial charge in [-0.2, -0.15) is 17.5 Å². The van der Waals surface area contributed by atoms with Gasteiger partial charge in [-0.3, -0.25) is 4.79 Å². The fourth-order valence-electron chi connectivity index (χ4n) is 3.02. The van der Waals surface area contributed by atoms with Crippen LogP contribution in [-0.2, 0) is 21.0 Å². The molecule has 0 unspecified atom stereocenters. The highest BCUT2D eigenvalue weighted by atomic mass is 32.2. The number of carbonyl (C=O) groups excluding carboxylic acids is 1. The number of sulfonamides is 1. The molecule has 0 bridgehead atoms. The number of rotatable bonds is 6. The zero-order valence-electron chi connectivity index (χ0n) is 16.3. The molecule has 1 aliphatic rings. The number of quaternary nitrogens is 1. The van der Waals surface area contributed by atoms with E-state index in [-0.39, 0.29) is 31.1 Å². The summed E-state index contributed by atoms with van der Waals surface area (Å²) in [5.74, 6) is -0.124. The van der Waals surface area contributed by atoms with Crippen LogP contribution in [0.15, 0.2) is 29.2 Å². The van der Waals surface area contributed by atoms with Crippen molar-refractivity contribution in [2.24, 2.45) is 0 Å². The molecule has 1 aromatic carbocycles. The van der Waals surface area contributed by atoms with Crippen LogP contribution in [0.4, 0.5) is 13.2 Å². The van der Waals surface area contributed by atoms with Gasteiger partial charge in [-0.05, 0) is 32.4 Å². The molecule has 1 amide bonds. The van der Waals surface area contributed by atoms with Crippen molar-refractivity contribution in [2.45, 2.75) is 43.8 Å². The van der Waals surface area contributed by atoms with Crippen molar-refractivity contribution in [1.29, 1.82) is 0 Å². The van der Waals surface area contributed by atoms with Crippen LogP contribution in [0.25, 0.3) is 0 Å². The molecule has 10 heteroatoms. The summed E-state index contributed by atoms with van der Waals surface area (Å²) in [5, 5.41) is 2.93. The van der Waals surface area contributed by atoms with E-state index in [9.17, 15) is 26.4 Å². The number of nitrogens with zero attached hydrogens (tertiary/aromatic N) is 1. The van der Waals surface area contributed by atoms with Crippen molar-refractivity contribution in [3.8, 4) is 0 Å². The number of piperazine rings is 1. The Hall–Kier alpha value is -1.65.